The predicted octanol–water partition coefficient (Wildman–Crippen LogP) is 4.58. The van der Waals surface area contributed by atoms with Crippen molar-refractivity contribution in [3.8, 4) is 0 Å². The Balaban J connectivity index is 1.46. The Hall–Kier alpha value is -0.420. The maximum absolute atomic E-state index is 6.90. The van der Waals surface area contributed by atoms with E-state index in [1.807, 2.05) is 0 Å². The van der Waals surface area contributed by atoms with Gasteiger partial charge in [-0.2, -0.15) is 0 Å². The molecule has 6 atom stereocenters. The van der Waals surface area contributed by atoms with Crippen molar-refractivity contribution >= 4 is 0 Å². The lowest BCUT2D eigenvalue weighted by atomic mass is 9.51. The van der Waals surface area contributed by atoms with E-state index in [1.54, 1.807) is 5.57 Å². The fraction of sp³-hybridized carbons (Fsp3) is 0.913. The zero-order chi connectivity index (χ0) is 18.5. The molecule has 3 saturated carbocycles. The van der Waals surface area contributed by atoms with Crippen LogP contribution in [0.4, 0.5) is 0 Å². The highest BCUT2D eigenvalue weighted by Crippen LogP contribution is 2.69. The molecule has 6 aliphatic rings. The minimum Gasteiger partial charge on any atom is -0.347 e. The van der Waals surface area contributed by atoms with E-state index in [0.717, 1.165) is 32.5 Å². The van der Waals surface area contributed by atoms with E-state index in [-0.39, 0.29) is 22.9 Å². The molecular weight excluding hydrogens is 340 g/mol. The maximum Gasteiger partial charge on any atom is 0.172 e. The molecule has 0 amide bonds. The first kappa shape index (κ1) is 17.4. The Bertz CT molecular complexity index is 678. The van der Waals surface area contributed by atoms with Gasteiger partial charge >= 0.3 is 0 Å². The molecule has 0 unspecified atom stereocenters. The number of rotatable bonds is 0. The van der Waals surface area contributed by atoms with Gasteiger partial charge in [0.15, 0.2) is 11.6 Å². The van der Waals surface area contributed by atoms with Crippen LogP contribution in [0.5, 0.6) is 0 Å². The maximum atomic E-state index is 6.90. The Morgan fingerprint density at radius 2 is 1.74 bits per heavy atom. The van der Waals surface area contributed by atoms with Gasteiger partial charge < -0.3 is 18.9 Å². The third-order valence-corrected chi connectivity index (χ3v) is 8.94. The summed E-state index contributed by atoms with van der Waals surface area (Å²) in [7, 11) is 0. The molecule has 4 heteroatoms. The average molecular weight is 375 g/mol. The van der Waals surface area contributed by atoms with Crippen LogP contribution in [0, 0.1) is 23.2 Å². The van der Waals surface area contributed by atoms with Crippen LogP contribution < -0.4 is 0 Å². The molecule has 4 aliphatic carbocycles. The van der Waals surface area contributed by atoms with E-state index in [4.69, 9.17) is 18.9 Å². The fourth-order valence-corrected chi connectivity index (χ4v) is 8.10. The van der Waals surface area contributed by atoms with E-state index in [0.29, 0.717) is 17.8 Å². The molecule has 2 saturated heterocycles. The molecule has 6 rings (SSSR count). The molecule has 2 aliphatic heterocycles. The van der Waals surface area contributed by atoms with Gasteiger partial charge in [-0.05, 0) is 76.2 Å². The zero-order valence-electron chi connectivity index (χ0n) is 17.1. The summed E-state index contributed by atoms with van der Waals surface area (Å²) in [4.78, 5) is 0. The summed E-state index contributed by atoms with van der Waals surface area (Å²) in [6, 6.07) is 0. The van der Waals surface area contributed by atoms with Crippen molar-refractivity contribution < 1.29 is 18.9 Å². The second-order valence-electron chi connectivity index (χ2n) is 10.7. The summed E-state index contributed by atoms with van der Waals surface area (Å²) in [5.74, 6) is 0.882. The van der Waals surface area contributed by atoms with Crippen molar-refractivity contribution in [3.63, 3.8) is 0 Å². The molecule has 0 aromatic carbocycles. The van der Waals surface area contributed by atoms with E-state index >= 15 is 0 Å². The first-order valence-electron chi connectivity index (χ1n) is 11.3. The Morgan fingerprint density at radius 1 is 0.963 bits per heavy atom. The van der Waals surface area contributed by atoms with Gasteiger partial charge in [-0.1, -0.05) is 13.0 Å². The van der Waals surface area contributed by atoms with Gasteiger partial charge in [-0.25, -0.2) is 0 Å². The normalized spacial score (nSPS) is 52.0. The lowest BCUT2D eigenvalue weighted by molar-refractivity contribution is -0.247. The number of fused-ring (bicyclic) bond motifs is 4. The lowest BCUT2D eigenvalue weighted by Crippen LogP contribution is -2.60. The van der Waals surface area contributed by atoms with E-state index in [9.17, 15) is 0 Å². The quantitative estimate of drug-likeness (QED) is 0.582. The Kier molecular flexibility index (Phi) is 3.48. The molecule has 150 valence electrons. The summed E-state index contributed by atoms with van der Waals surface area (Å²) in [6.45, 7) is 8.17. The first-order valence-corrected chi connectivity index (χ1v) is 11.3. The Morgan fingerprint density at radius 3 is 2.56 bits per heavy atom. The van der Waals surface area contributed by atoms with Gasteiger partial charge in [0.05, 0.1) is 19.3 Å². The Labute approximate surface area is 162 Å². The molecule has 2 heterocycles. The van der Waals surface area contributed by atoms with Gasteiger partial charge in [-0.15, -0.1) is 0 Å². The van der Waals surface area contributed by atoms with Crippen LogP contribution in [0.25, 0.3) is 0 Å². The predicted molar refractivity (Wildman–Crippen MR) is 101 cm³/mol. The highest BCUT2D eigenvalue weighted by atomic mass is 16.8. The van der Waals surface area contributed by atoms with Crippen molar-refractivity contribution in [2.75, 3.05) is 13.2 Å². The molecule has 0 bridgehead atoms. The molecule has 27 heavy (non-hydrogen) atoms. The summed E-state index contributed by atoms with van der Waals surface area (Å²) in [6.07, 6.45) is 12.3. The molecule has 0 N–H and O–H groups in total. The van der Waals surface area contributed by atoms with Gasteiger partial charge in [0.1, 0.15) is 5.60 Å². The average Bonchev–Trinajstić information content (AvgIpc) is 3.27. The molecule has 2 spiro atoms. The largest absolute Gasteiger partial charge is 0.347 e. The van der Waals surface area contributed by atoms with Crippen LogP contribution in [-0.2, 0) is 18.9 Å². The monoisotopic (exact) mass is 374 g/mol. The van der Waals surface area contributed by atoms with Gasteiger partial charge in [0, 0.05) is 17.8 Å². The number of ether oxygens (including phenoxy) is 4. The van der Waals surface area contributed by atoms with Crippen molar-refractivity contribution in [3.05, 3.63) is 11.6 Å². The van der Waals surface area contributed by atoms with Crippen molar-refractivity contribution in [1.29, 1.82) is 0 Å². The highest BCUT2D eigenvalue weighted by Gasteiger charge is 2.72. The van der Waals surface area contributed by atoms with E-state index < -0.39 is 5.79 Å². The van der Waals surface area contributed by atoms with Crippen LogP contribution >= 0.6 is 0 Å². The van der Waals surface area contributed by atoms with Crippen molar-refractivity contribution in [2.24, 2.45) is 23.2 Å². The molecule has 4 nitrogen and oxygen atoms in total. The number of allylic oxidation sites excluding steroid dienone is 1. The summed E-state index contributed by atoms with van der Waals surface area (Å²) < 4.78 is 26.1. The van der Waals surface area contributed by atoms with Crippen LogP contribution in [0.15, 0.2) is 11.6 Å². The molecule has 0 aromatic rings. The summed E-state index contributed by atoms with van der Waals surface area (Å²) in [5, 5.41) is 0. The number of hydrogen-bond acceptors (Lipinski definition) is 4. The second kappa shape index (κ2) is 5.38. The highest BCUT2D eigenvalue weighted by molar-refractivity contribution is 5.37. The first-order chi connectivity index (χ1) is 12.9. The minimum absolute atomic E-state index is 0.194. The van der Waals surface area contributed by atoms with Crippen LogP contribution in [-0.4, -0.2) is 36.5 Å². The van der Waals surface area contributed by atoms with Gasteiger partial charge in [0.2, 0.25) is 0 Å². The van der Waals surface area contributed by atoms with Crippen molar-refractivity contribution in [1.82, 2.24) is 0 Å². The third kappa shape index (κ3) is 2.09. The van der Waals surface area contributed by atoms with Crippen LogP contribution in [0.2, 0.25) is 0 Å². The van der Waals surface area contributed by atoms with E-state index in [1.165, 1.54) is 32.1 Å². The topological polar surface area (TPSA) is 36.9 Å². The lowest BCUT2D eigenvalue weighted by Gasteiger charge is -2.58. The third-order valence-electron chi connectivity index (χ3n) is 8.94. The fourth-order valence-electron chi connectivity index (χ4n) is 8.10. The summed E-state index contributed by atoms with van der Waals surface area (Å²) >= 11 is 0. The van der Waals surface area contributed by atoms with Crippen LogP contribution in [0.1, 0.15) is 72.1 Å². The van der Waals surface area contributed by atoms with Crippen LogP contribution in [0.3, 0.4) is 0 Å². The van der Waals surface area contributed by atoms with E-state index in [2.05, 4.69) is 26.8 Å². The minimum atomic E-state index is -0.490. The standard InChI is InChI=1S/C23H34O4/c1-20(2)26-18-9-12-21(3)11-8-16-17(23(18,21)27-20)7-6-15-5-4-10-22(19(15)16)24-13-14-25-22/h7,15-16,18-19H,4-6,8-14H2,1-3H3/t15-,16+,18-,19+,21-,23-/m1/s1. The second-order valence-corrected chi connectivity index (χ2v) is 10.7. The SMILES string of the molecule is CC1(C)O[C@@H]2CC[C@@]3(C)CC[C@H]4C(=CC[C@H]5CCCC6(OCCO6)[C@@H]54)[C@@]23O1. The number of hydrogen-bond donors (Lipinski definition) is 0. The smallest absolute Gasteiger partial charge is 0.172 e. The summed E-state index contributed by atoms with van der Waals surface area (Å²) in [5.41, 5.74) is 1.51. The molecule has 0 aromatic heterocycles. The zero-order valence-corrected chi connectivity index (χ0v) is 17.1. The van der Waals surface area contributed by atoms with Crippen molar-refractivity contribution in [2.45, 2.75) is 95.4 Å². The van der Waals surface area contributed by atoms with Gasteiger partial charge in [-0.3, -0.25) is 0 Å². The molecule has 0 radical (unpaired) electrons. The van der Waals surface area contributed by atoms with Gasteiger partial charge in [0.25, 0.3) is 0 Å². The molecule has 5 fully saturated rings. The molecular formula is C23H34O4.